The van der Waals surface area contributed by atoms with Gasteiger partial charge in [-0.2, -0.15) is 12.6 Å². The van der Waals surface area contributed by atoms with Crippen molar-refractivity contribution in [2.24, 2.45) is 0 Å². The van der Waals surface area contributed by atoms with Crippen LogP contribution >= 0.6 is 12.6 Å². The molecule has 0 N–H and O–H groups in total. The first kappa shape index (κ1) is 13.4. The number of hydrogen-bond acceptors (Lipinski definition) is 4. The van der Waals surface area contributed by atoms with Crippen LogP contribution in [0.1, 0.15) is 26.7 Å². The Morgan fingerprint density at radius 3 is 2.08 bits per heavy atom. The lowest BCUT2D eigenvalue weighted by atomic mass is 10.3. The summed E-state index contributed by atoms with van der Waals surface area (Å²) in [6, 6.07) is 0. The molecule has 0 fully saturated rings. The summed E-state index contributed by atoms with van der Waals surface area (Å²) in [6.45, 7) is 5.09. The van der Waals surface area contributed by atoms with Crippen LogP contribution in [0.3, 0.4) is 0 Å². The minimum Gasteiger partial charge on any atom is -0.380 e. The highest BCUT2D eigenvalue weighted by atomic mass is 32.1. The van der Waals surface area contributed by atoms with Gasteiger partial charge in [0.15, 0.2) is 10.5 Å². The van der Waals surface area contributed by atoms with Crippen LogP contribution in [0, 0.1) is 0 Å². The molecule has 0 spiro atoms. The van der Waals surface area contributed by atoms with E-state index in [2.05, 4.69) is 12.6 Å². The van der Waals surface area contributed by atoms with Gasteiger partial charge in [-0.05, 0) is 26.0 Å². The molecule has 80 valence electrons. The molecule has 0 saturated heterocycles. The third-order valence-electron chi connectivity index (χ3n) is 1.68. The summed E-state index contributed by atoms with van der Waals surface area (Å²) in [5.41, 5.74) is 0. The van der Waals surface area contributed by atoms with Crippen molar-refractivity contribution in [1.82, 2.24) is 0 Å². The fourth-order valence-corrected chi connectivity index (χ4v) is 1.74. The average molecular weight is 224 g/mol. The molecule has 0 aliphatic carbocycles. The lowest BCUT2D eigenvalue weighted by Crippen LogP contribution is -2.38. The molecule has 0 saturated carbocycles. The summed E-state index contributed by atoms with van der Waals surface area (Å²) in [4.78, 5) is 0. The predicted molar refractivity (Wildman–Crippen MR) is 60.1 cm³/mol. The molecular weight excluding hydrogens is 204 g/mol. The minimum atomic E-state index is -0.793. The maximum atomic E-state index is 5.48. The van der Waals surface area contributed by atoms with Gasteiger partial charge >= 0.3 is 0 Å². The van der Waals surface area contributed by atoms with Crippen molar-refractivity contribution in [3.8, 4) is 0 Å². The number of hydrogen-bond donors (Lipinski definition) is 1. The van der Waals surface area contributed by atoms with Gasteiger partial charge in [0.1, 0.15) is 0 Å². The molecule has 5 heteroatoms. The molecule has 0 aromatic heterocycles. The molecule has 0 aliphatic rings. The minimum absolute atomic E-state index is 0.606. The maximum Gasteiger partial charge on any atom is 0.272 e. The maximum absolute atomic E-state index is 5.48. The van der Waals surface area contributed by atoms with Gasteiger partial charge in [-0.1, -0.05) is 0 Å². The third-order valence-corrected chi connectivity index (χ3v) is 2.62. The van der Waals surface area contributed by atoms with E-state index >= 15 is 0 Å². The summed E-state index contributed by atoms with van der Waals surface area (Å²) >= 11 is 4.15. The van der Waals surface area contributed by atoms with Crippen molar-refractivity contribution in [1.29, 1.82) is 0 Å². The van der Waals surface area contributed by atoms with Crippen molar-refractivity contribution in [2.45, 2.75) is 32.7 Å². The fraction of sp³-hybridized carbons (Fsp3) is 1.00. The number of rotatable bonds is 8. The van der Waals surface area contributed by atoms with Crippen LogP contribution in [0.25, 0.3) is 0 Å². The first-order valence-electron chi connectivity index (χ1n) is 4.68. The molecular formula is C8H20O3SSi. The highest BCUT2D eigenvalue weighted by Gasteiger charge is 2.29. The zero-order valence-electron chi connectivity index (χ0n) is 8.71. The van der Waals surface area contributed by atoms with E-state index in [1.54, 1.807) is 0 Å². The van der Waals surface area contributed by atoms with Gasteiger partial charge in [-0.25, -0.2) is 0 Å². The molecule has 0 unspecified atom stereocenters. The molecule has 0 bridgehead atoms. The van der Waals surface area contributed by atoms with Crippen LogP contribution in [0.2, 0.25) is 0 Å². The Balaban J connectivity index is 4.07. The second kappa shape index (κ2) is 7.81. The molecule has 0 atom stereocenters. The first-order valence-corrected chi connectivity index (χ1v) is 6.13. The zero-order chi connectivity index (χ0) is 10.2. The lowest BCUT2D eigenvalue weighted by molar-refractivity contribution is -0.343. The first-order chi connectivity index (χ1) is 6.24. The van der Waals surface area contributed by atoms with E-state index in [0.717, 1.165) is 18.6 Å². The molecule has 13 heavy (non-hydrogen) atoms. The van der Waals surface area contributed by atoms with Crippen molar-refractivity contribution in [2.75, 3.05) is 19.0 Å². The third kappa shape index (κ3) is 5.02. The van der Waals surface area contributed by atoms with E-state index in [0.29, 0.717) is 23.7 Å². The Morgan fingerprint density at radius 2 is 1.77 bits per heavy atom. The SMILES string of the molecule is CCOC(CCCS)(O[SiH3])OCC. The van der Waals surface area contributed by atoms with Crippen molar-refractivity contribution in [3.63, 3.8) is 0 Å². The Hall–Kier alpha value is 0.447. The van der Waals surface area contributed by atoms with Crippen LogP contribution in [0.15, 0.2) is 0 Å². The number of ether oxygens (including phenoxy) is 2. The zero-order valence-corrected chi connectivity index (χ0v) is 11.6. The van der Waals surface area contributed by atoms with E-state index in [4.69, 9.17) is 13.9 Å². The van der Waals surface area contributed by atoms with Crippen LogP contribution in [0.4, 0.5) is 0 Å². The molecule has 0 heterocycles. The van der Waals surface area contributed by atoms with Crippen LogP contribution in [0.5, 0.6) is 0 Å². The van der Waals surface area contributed by atoms with Gasteiger partial charge in [-0.15, -0.1) is 0 Å². The second-order valence-corrected chi connectivity index (χ2v) is 3.44. The van der Waals surface area contributed by atoms with Crippen molar-refractivity contribution in [3.05, 3.63) is 0 Å². The molecule has 0 aliphatic heterocycles. The molecule has 0 rings (SSSR count). The highest BCUT2D eigenvalue weighted by molar-refractivity contribution is 7.80. The van der Waals surface area contributed by atoms with E-state index in [1.165, 1.54) is 0 Å². The van der Waals surface area contributed by atoms with Gasteiger partial charge in [0.25, 0.3) is 5.97 Å². The predicted octanol–water partition coefficient (Wildman–Crippen LogP) is 0.720. The van der Waals surface area contributed by atoms with Crippen molar-refractivity contribution < 1.29 is 13.9 Å². The van der Waals surface area contributed by atoms with Gasteiger partial charge in [0, 0.05) is 19.6 Å². The second-order valence-electron chi connectivity index (χ2n) is 2.58. The quantitative estimate of drug-likeness (QED) is 0.374. The molecule has 0 amide bonds. The fourth-order valence-electron chi connectivity index (χ4n) is 1.14. The van der Waals surface area contributed by atoms with E-state index < -0.39 is 5.97 Å². The van der Waals surface area contributed by atoms with Crippen LogP contribution in [-0.2, 0) is 13.9 Å². The largest absolute Gasteiger partial charge is 0.380 e. The average Bonchev–Trinajstić information content (AvgIpc) is 2.15. The van der Waals surface area contributed by atoms with Gasteiger partial charge in [-0.3, -0.25) is 0 Å². The van der Waals surface area contributed by atoms with Crippen molar-refractivity contribution >= 4 is 23.1 Å². The summed E-state index contributed by atoms with van der Waals surface area (Å²) in [5, 5.41) is 0. The number of thiol groups is 1. The molecule has 0 aromatic carbocycles. The Kier molecular flexibility index (Phi) is 8.08. The monoisotopic (exact) mass is 224 g/mol. The lowest BCUT2D eigenvalue weighted by Gasteiger charge is -2.31. The Morgan fingerprint density at radius 1 is 1.23 bits per heavy atom. The summed E-state index contributed by atoms with van der Waals surface area (Å²) in [5.74, 6) is 0.0330. The van der Waals surface area contributed by atoms with Crippen LogP contribution < -0.4 is 0 Å². The topological polar surface area (TPSA) is 27.7 Å². The van der Waals surface area contributed by atoms with Gasteiger partial charge < -0.3 is 13.9 Å². The summed E-state index contributed by atoms with van der Waals surface area (Å²) in [7, 11) is 0.616. The van der Waals surface area contributed by atoms with Gasteiger partial charge in [0.2, 0.25) is 0 Å². The smallest absolute Gasteiger partial charge is 0.272 e. The van der Waals surface area contributed by atoms with E-state index in [9.17, 15) is 0 Å². The van der Waals surface area contributed by atoms with E-state index in [-0.39, 0.29) is 0 Å². The molecule has 0 aromatic rings. The standard InChI is InChI=1S/C8H20O3SSi/c1-3-9-8(11-13,10-4-2)6-5-7-12/h12H,3-7H2,1-2,13H3. The summed E-state index contributed by atoms with van der Waals surface area (Å²) in [6.07, 6.45) is 1.69. The molecule has 0 radical (unpaired) electrons. The Bertz CT molecular complexity index is 118. The van der Waals surface area contributed by atoms with Gasteiger partial charge in [0.05, 0.1) is 0 Å². The summed E-state index contributed by atoms with van der Waals surface area (Å²) < 4.78 is 16.3. The van der Waals surface area contributed by atoms with E-state index in [1.807, 2.05) is 13.8 Å². The molecule has 3 nitrogen and oxygen atoms in total. The normalized spacial score (nSPS) is 12.2. The Labute approximate surface area is 89.1 Å². The van der Waals surface area contributed by atoms with Crippen LogP contribution in [-0.4, -0.2) is 35.4 Å². The highest BCUT2D eigenvalue weighted by Crippen LogP contribution is 2.20.